The molecule has 4 nitrogen and oxygen atoms in total. The van der Waals surface area contributed by atoms with Crippen LogP contribution in [0.15, 0.2) is 42.5 Å². The van der Waals surface area contributed by atoms with E-state index < -0.39 is 0 Å². The molecule has 0 spiro atoms. The molecule has 0 bridgehead atoms. The number of anilines is 1. The van der Waals surface area contributed by atoms with Gasteiger partial charge in [0.1, 0.15) is 11.8 Å². The lowest BCUT2D eigenvalue weighted by molar-refractivity contribution is -0.682. The number of hydrogen-bond acceptors (Lipinski definition) is 2. The van der Waals surface area contributed by atoms with Gasteiger partial charge in [0.15, 0.2) is 6.54 Å². The van der Waals surface area contributed by atoms with Gasteiger partial charge in [0, 0.05) is 16.3 Å². The summed E-state index contributed by atoms with van der Waals surface area (Å²) in [6.07, 6.45) is 0. The third-order valence-corrected chi connectivity index (χ3v) is 4.04. The molecular formula is C17H19Cl2N2O2+. The largest absolute Gasteiger partial charge is 0.495 e. The Morgan fingerprint density at radius 3 is 2.52 bits per heavy atom. The van der Waals surface area contributed by atoms with Gasteiger partial charge in [-0.2, -0.15) is 0 Å². The van der Waals surface area contributed by atoms with E-state index in [2.05, 4.69) is 5.32 Å². The van der Waals surface area contributed by atoms with Gasteiger partial charge in [0.2, 0.25) is 0 Å². The molecule has 0 aliphatic heterocycles. The van der Waals surface area contributed by atoms with Crippen molar-refractivity contribution in [3.8, 4) is 5.75 Å². The van der Waals surface area contributed by atoms with Gasteiger partial charge in [-0.15, -0.1) is 0 Å². The predicted octanol–water partition coefficient (Wildman–Crippen LogP) is 3.27. The van der Waals surface area contributed by atoms with Gasteiger partial charge < -0.3 is 15.4 Å². The molecule has 23 heavy (non-hydrogen) atoms. The third kappa shape index (κ3) is 5.13. The summed E-state index contributed by atoms with van der Waals surface area (Å²) >= 11 is 11.9. The molecule has 0 aliphatic rings. The molecule has 0 saturated heterocycles. The molecule has 0 aromatic heterocycles. The maximum Gasteiger partial charge on any atom is 0.279 e. The van der Waals surface area contributed by atoms with Crippen molar-refractivity contribution < 1.29 is 14.8 Å². The van der Waals surface area contributed by atoms with E-state index in [1.54, 1.807) is 25.3 Å². The van der Waals surface area contributed by atoms with Crippen LogP contribution in [0.3, 0.4) is 0 Å². The van der Waals surface area contributed by atoms with Crippen LogP contribution in [0, 0.1) is 0 Å². The van der Waals surface area contributed by atoms with Gasteiger partial charge in [0.25, 0.3) is 5.91 Å². The monoisotopic (exact) mass is 353 g/mol. The fourth-order valence-corrected chi connectivity index (χ4v) is 2.53. The highest BCUT2D eigenvalue weighted by Gasteiger charge is 2.12. The predicted molar refractivity (Wildman–Crippen MR) is 93.3 cm³/mol. The number of methoxy groups -OCH3 is 1. The van der Waals surface area contributed by atoms with Crippen LogP contribution in [0.2, 0.25) is 10.0 Å². The summed E-state index contributed by atoms with van der Waals surface area (Å²) in [7, 11) is 1.55. The van der Waals surface area contributed by atoms with E-state index in [1.165, 1.54) is 0 Å². The maximum atomic E-state index is 12.0. The molecule has 122 valence electrons. The molecule has 2 aromatic carbocycles. The number of hydrogen-bond donors (Lipinski definition) is 2. The number of amides is 1. The van der Waals surface area contributed by atoms with Crippen molar-refractivity contribution in [1.82, 2.24) is 0 Å². The molecule has 0 heterocycles. The summed E-state index contributed by atoms with van der Waals surface area (Å²) in [5.74, 6) is 0.486. The lowest BCUT2D eigenvalue weighted by Gasteiger charge is -2.12. The van der Waals surface area contributed by atoms with Crippen LogP contribution in [-0.2, 0) is 4.79 Å². The Morgan fingerprint density at radius 2 is 1.91 bits per heavy atom. The molecule has 3 N–H and O–H groups in total. The van der Waals surface area contributed by atoms with E-state index in [1.807, 2.05) is 36.5 Å². The first-order valence-corrected chi connectivity index (χ1v) is 7.97. The minimum absolute atomic E-state index is 0.0907. The molecule has 0 saturated carbocycles. The summed E-state index contributed by atoms with van der Waals surface area (Å²) in [6, 6.07) is 12.9. The number of nitrogens with one attached hydrogen (secondary N) is 1. The van der Waals surface area contributed by atoms with Crippen molar-refractivity contribution in [1.29, 1.82) is 0 Å². The summed E-state index contributed by atoms with van der Waals surface area (Å²) in [4.78, 5) is 12.0. The first-order valence-electron chi connectivity index (χ1n) is 7.22. The number of ether oxygens (including phenoxy) is 1. The van der Waals surface area contributed by atoms with Crippen LogP contribution in [0.25, 0.3) is 0 Å². The van der Waals surface area contributed by atoms with Crippen LogP contribution in [0.5, 0.6) is 5.75 Å². The fraction of sp³-hybridized carbons (Fsp3) is 0.235. The zero-order chi connectivity index (χ0) is 16.8. The third-order valence-electron chi connectivity index (χ3n) is 3.49. The minimum Gasteiger partial charge on any atom is -0.495 e. The van der Waals surface area contributed by atoms with E-state index in [0.717, 1.165) is 5.56 Å². The summed E-state index contributed by atoms with van der Waals surface area (Å²) in [5, 5.41) is 5.95. The minimum atomic E-state index is -0.0907. The van der Waals surface area contributed by atoms with Crippen molar-refractivity contribution in [2.45, 2.75) is 13.0 Å². The van der Waals surface area contributed by atoms with Crippen molar-refractivity contribution in [2.75, 3.05) is 19.0 Å². The highest BCUT2D eigenvalue weighted by molar-refractivity contribution is 6.32. The molecule has 0 fully saturated rings. The Labute approximate surface area is 145 Å². The molecular weight excluding hydrogens is 335 g/mol. The van der Waals surface area contributed by atoms with Crippen molar-refractivity contribution >= 4 is 34.8 Å². The molecule has 1 amide bonds. The van der Waals surface area contributed by atoms with E-state index in [9.17, 15) is 4.79 Å². The fourth-order valence-electron chi connectivity index (χ4n) is 2.14. The highest BCUT2D eigenvalue weighted by Crippen LogP contribution is 2.27. The second-order valence-corrected chi connectivity index (χ2v) is 6.02. The van der Waals surface area contributed by atoms with Crippen molar-refractivity contribution in [3.63, 3.8) is 0 Å². The van der Waals surface area contributed by atoms with E-state index in [-0.39, 0.29) is 11.9 Å². The first kappa shape index (κ1) is 17.6. The Bertz CT molecular complexity index is 675. The number of rotatable bonds is 6. The molecule has 1 atom stereocenters. The molecule has 0 radical (unpaired) electrons. The lowest BCUT2D eigenvalue weighted by Crippen LogP contribution is -2.86. The molecule has 2 rings (SSSR count). The highest BCUT2D eigenvalue weighted by atomic mass is 35.5. The summed E-state index contributed by atoms with van der Waals surface area (Å²) in [5.41, 5.74) is 1.77. The van der Waals surface area contributed by atoms with Crippen LogP contribution in [-0.4, -0.2) is 19.6 Å². The van der Waals surface area contributed by atoms with Gasteiger partial charge in [-0.3, -0.25) is 4.79 Å². The lowest BCUT2D eigenvalue weighted by atomic mass is 10.1. The topological polar surface area (TPSA) is 54.9 Å². The standard InChI is InChI=1S/C17H18Cl2N2O2/c1-11(12-3-5-13(18)6-4-12)20-10-17(22)21-14-7-8-16(23-2)15(19)9-14/h3-9,11,20H,10H2,1-2H3,(H,21,22)/p+1/t11-/m0/s1. The van der Waals surface area contributed by atoms with Crippen molar-refractivity contribution in [3.05, 3.63) is 58.1 Å². The normalized spacial score (nSPS) is 11.8. The van der Waals surface area contributed by atoms with Crippen molar-refractivity contribution in [2.24, 2.45) is 0 Å². The van der Waals surface area contributed by atoms with Crippen LogP contribution in [0.1, 0.15) is 18.5 Å². The zero-order valence-corrected chi connectivity index (χ0v) is 14.5. The molecule has 2 aromatic rings. The average Bonchev–Trinajstić information content (AvgIpc) is 2.53. The maximum absolute atomic E-state index is 12.0. The van der Waals surface area contributed by atoms with Gasteiger partial charge >= 0.3 is 0 Å². The average molecular weight is 354 g/mol. The molecule has 0 unspecified atom stereocenters. The number of halogens is 2. The van der Waals surface area contributed by atoms with Crippen LogP contribution in [0.4, 0.5) is 5.69 Å². The second-order valence-electron chi connectivity index (χ2n) is 5.18. The SMILES string of the molecule is COc1ccc(NC(=O)C[NH2+][C@@H](C)c2ccc(Cl)cc2)cc1Cl. The Morgan fingerprint density at radius 1 is 1.22 bits per heavy atom. The van der Waals surface area contributed by atoms with Crippen LogP contribution < -0.4 is 15.4 Å². The quantitative estimate of drug-likeness (QED) is 0.837. The van der Waals surface area contributed by atoms with E-state index >= 15 is 0 Å². The number of carbonyl (C=O) groups is 1. The number of nitrogens with two attached hydrogens (primary N) is 1. The Kier molecular flexibility index (Phi) is 6.28. The molecule has 0 aliphatic carbocycles. The summed E-state index contributed by atoms with van der Waals surface area (Å²) < 4.78 is 5.08. The number of quaternary nitrogens is 1. The van der Waals surface area contributed by atoms with E-state index in [4.69, 9.17) is 27.9 Å². The summed E-state index contributed by atoms with van der Waals surface area (Å²) in [6.45, 7) is 2.36. The van der Waals surface area contributed by atoms with Gasteiger partial charge in [0.05, 0.1) is 12.1 Å². The van der Waals surface area contributed by atoms with Gasteiger partial charge in [-0.25, -0.2) is 0 Å². The number of benzene rings is 2. The van der Waals surface area contributed by atoms with Crippen LogP contribution >= 0.6 is 23.2 Å². The first-order chi connectivity index (χ1) is 11.0. The second kappa shape index (κ2) is 8.20. The zero-order valence-electron chi connectivity index (χ0n) is 13.0. The molecule has 6 heteroatoms. The van der Waals surface area contributed by atoms with E-state index in [0.29, 0.717) is 28.0 Å². The Hall–Kier alpha value is -1.75. The number of carbonyl (C=O) groups excluding carboxylic acids is 1. The van der Waals surface area contributed by atoms with Gasteiger partial charge in [-0.05, 0) is 37.3 Å². The Balaban J connectivity index is 1.87. The smallest absolute Gasteiger partial charge is 0.279 e. The van der Waals surface area contributed by atoms with Gasteiger partial charge in [-0.1, -0.05) is 35.3 Å².